The Bertz CT molecular complexity index is 936. The number of ether oxygens (including phenoxy) is 1. The summed E-state index contributed by atoms with van der Waals surface area (Å²) in [6.07, 6.45) is 4.88. The molecule has 170 valence electrons. The Morgan fingerprint density at radius 1 is 1.06 bits per heavy atom. The molecule has 0 radical (unpaired) electrons. The quantitative estimate of drug-likeness (QED) is 0.651. The van der Waals surface area contributed by atoms with Gasteiger partial charge >= 0.3 is 6.61 Å². The van der Waals surface area contributed by atoms with Gasteiger partial charge in [0.25, 0.3) is 5.91 Å². The maximum atomic E-state index is 13.5. The fourth-order valence-electron chi connectivity index (χ4n) is 5.08. The van der Waals surface area contributed by atoms with E-state index in [0.717, 1.165) is 31.2 Å². The topological polar surface area (TPSA) is 49.9 Å². The van der Waals surface area contributed by atoms with Crippen molar-refractivity contribution in [3.63, 3.8) is 0 Å². The minimum atomic E-state index is -2.87. The number of alkyl halides is 2. The Morgan fingerprint density at radius 3 is 2.44 bits per heavy atom. The normalized spacial score (nSPS) is 22.5. The summed E-state index contributed by atoms with van der Waals surface area (Å²) in [6, 6.07) is 15.0. The lowest BCUT2D eigenvalue weighted by molar-refractivity contribution is -0.134. The van der Waals surface area contributed by atoms with Crippen LogP contribution in [0.5, 0.6) is 5.75 Å². The summed E-state index contributed by atoms with van der Waals surface area (Å²) in [7, 11) is 1.72. The van der Waals surface area contributed by atoms with E-state index < -0.39 is 12.7 Å². The highest BCUT2D eigenvalue weighted by atomic mass is 19.3. The number of hydrogen-bond donors (Lipinski definition) is 0. The van der Waals surface area contributed by atoms with Gasteiger partial charge in [0, 0.05) is 25.2 Å². The summed E-state index contributed by atoms with van der Waals surface area (Å²) >= 11 is 0. The predicted molar refractivity (Wildman–Crippen MR) is 116 cm³/mol. The molecule has 2 amide bonds. The van der Waals surface area contributed by atoms with Gasteiger partial charge in [-0.1, -0.05) is 43.2 Å². The Balaban J connectivity index is 1.50. The molecule has 0 spiro atoms. The molecule has 0 N–H and O–H groups in total. The highest BCUT2D eigenvalue weighted by Gasteiger charge is 2.48. The largest absolute Gasteiger partial charge is 0.435 e. The molecule has 1 heterocycles. The lowest BCUT2D eigenvalue weighted by Gasteiger charge is -2.34. The zero-order chi connectivity index (χ0) is 22.7. The van der Waals surface area contributed by atoms with Crippen molar-refractivity contribution < 1.29 is 23.1 Å². The molecule has 1 saturated carbocycles. The van der Waals surface area contributed by atoms with Crippen molar-refractivity contribution in [2.75, 3.05) is 7.05 Å². The van der Waals surface area contributed by atoms with Gasteiger partial charge < -0.3 is 14.5 Å². The Labute approximate surface area is 187 Å². The molecule has 3 atom stereocenters. The summed E-state index contributed by atoms with van der Waals surface area (Å²) in [5.74, 6) is 0.263. The molecule has 32 heavy (non-hydrogen) atoms. The molecule has 1 aliphatic carbocycles. The number of carbonyl (C=O) groups is 2. The van der Waals surface area contributed by atoms with E-state index in [1.165, 1.54) is 12.1 Å². The molecule has 3 unspecified atom stereocenters. The van der Waals surface area contributed by atoms with Crippen molar-refractivity contribution >= 4 is 11.8 Å². The molecule has 2 aromatic carbocycles. The van der Waals surface area contributed by atoms with Gasteiger partial charge in [-0.3, -0.25) is 9.59 Å². The number of likely N-dealkylation sites (N-methyl/N-ethyl adjacent to an activating group) is 1. The van der Waals surface area contributed by atoms with Crippen molar-refractivity contribution in [3.05, 3.63) is 65.7 Å². The molecule has 2 aromatic rings. The van der Waals surface area contributed by atoms with Crippen LogP contribution in [-0.4, -0.2) is 47.4 Å². The minimum Gasteiger partial charge on any atom is -0.435 e. The van der Waals surface area contributed by atoms with E-state index in [1.54, 1.807) is 36.2 Å². The number of halogens is 2. The van der Waals surface area contributed by atoms with Crippen LogP contribution in [0.4, 0.5) is 8.78 Å². The van der Waals surface area contributed by atoms with Crippen LogP contribution < -0.4 is 4.74 Å². The molecule has 7 heteroatoms. The van der Waals surface area contributed by atoms with Crippen LogP contribution in [0.1, 0.15) is 48.0 Å². The number of amides is 2. The smallest absolute Gasteiger partial charge is 0.387 e. The fourth-order valence-corrected chi connectivity index (χ4v) is 5.08. The van der Waals surface area contributed by atoms with E-state index in [0.29, 0.717) is 24.4 Å². The van der Waals surface area contributed by atoms with E-state index >= 15 is 0 Å². The van der Waals surface area contributed by atoms with Gasteiger partial charge in [0.15, 0.2) is 0 Å². The highest BCUT2D eigenvalue weighted by molar-refractivity contribution is 5.98. The molecule has 0 aromatic heterocycles. The first-order valence-corrected chi connectivity index (χ1v) is 11.1. The zero-order valence-electron chi connectivity index (χ0n) is 18.1. The van der Waals surface area contributed by atoms with Crippen LogP contribution in [0.3, 0.4) is 0 Å². The van der Waals surface area contributed by atoms with Gasteiger partial charge in [-0.15, -0.1) is 0 Å². The molecular weight excluding hydrogens is 414 g/mol. The number of fused-ring (bicyclic) bond motifs is 1. The van der Waals surface area contributed by atoms with Crippen LogP contribution >= 0.6 is 0 Å². The van der Waals surface area contributed by atoms with Crippen LogP contribution in [0.25, 0.3) is 0 Å². The summed E-state index contributed by atoms with van der Waals surface area (Å²) in [5, 5.41) is 0. The van der Waals surface area contributed by atoms with E-state index in [9.17, 15) is 18.4 Å². The van der Waals surface area contributed by atoms with E-state index in [-0.39, 0.29) is 23.6 Å². The lowest BCUT2D eigenvalue weighted by atomic mass is 9.84. The van der Waals surface area contributed by atoms with E-state index in [4.69, 9.17) is 0 Å². The van der Waals surface area contributed by atoms with Crippen molar-refractivity contribution in [1.82, 2.24) is 9.80 Å². The number of hydrogen-bond acceptors (Lipinski definition) is 3. The molecule has 4 rings (SSSR count). The number of benzene rings is 2. The number of likely N-dealkylation sites (tertiary alicyclic amines) is 1. The van der Waals surface area contributed by atoms with Gasteiger partial charge in [-0.05, 0) is 55.0 Å². The zero-order valence-corrected chi connectivity index (χ0v) is 18.1. The summed E-state index contributed by atoms with van der Waals surface area (Å²) < 4.78 is 29.1. The second kappa shape index (κ2) is 9.67. The summed E-state index contributed by atoms with van der Waals surface area (Å²) in [5.41, 5.74) is 1.41. The van der Waals surface area contributed by atoms with Crippen LogP contribution in [-0.2, 0) is 11.3 Å². The second-order valence-electron chi connectivity index (χ2n) is 8.66. The Hall–Kier alpha value is -2.96. The molecule has 1 saturated heterocycles. The lowest BCUT2D eigenvalue weighted by Crippen LogP contribution is -2.49. The standard InChI is InChI=1S/C25H28F2N2O3/c1-28(16-17-11-13-20(14-12-17)32-25(26)27)24(31)22-15-19-9-5-6-10-21(19)29(22)23(30)18-7-3-2-4-8-18/h2-4,7-8,11-14,19,21-22,25H,5-6,9-10,15-16H2,1H3. The monoisotopic (exact) mass is 442 g/mol. The van der Waals surface area contributed by atoms with Crippen molar-refractivity contribution in [1.29, 1.82) is 0 Å². The number of nitrogens with zero attached hydrogens (tertiary/aromatic N) is 2. The molecular formula is C25H28F2N2O3. The summed E-state index contributed by atoms with van der Waals surface area (Å²) in [6.45, 7) is -2.54. The van der Waals surface area contributed by atoms with Crippen molar-refractivity contribution in [2.45, 2.75) is 57.3 Å². The maximum absolute atomic E-state index is 13.5. The second-order valence-corrected chi connectivity index (χ2v) is 8.66. The summed E-state index contributed by atoms with van der Waals surface area (Å²) in [4.78, 5) is 30.3. The third kappa shape index (κ3) is 4.76. The van der Waals surface area contributed by atoms with Gasteiger partial charge in [-0.2, -0.15) is 8.78 Å². The fraction of sp³-hybridized carbons (Fsp3) is 0.440. The first-order chi connectivity index (χ1) is 15.4. The predicted octanol–water partition coefficient (Wildman–Crippen LogP) is 4.72. The first-order valence-electron chi connectivity index (χ1n) is 11.1. The SMILES string of the molecule is CN(Cc1ccc(OC(F)F)cc1)C(=O)C1CC2CCCCC2N1C(=O)c1ccccc1. The molecule has 2 fully saturated rings. The Morgan fingerprint density at radius 2 is 1.75 bits per heavy atom. The van der Waals surface area contributed by atoms with Crippen LogP contribution in [0, 0.1) is 5.92 Å². The van der Waals surface area contributed by atoms with Gasteiger partial charge in [0.2, 0.25) is 5.91 Å². The molecule has 2 aliphatic rings. The number of carbonyl (C=O) groups excluding carboxylic acids is 2. The van der Waals surface area contributed by atoms with Gasteiger partial charge in [-0.25, -0.2) is 0 Å². The third-order valence-electron chi connectivity index (χ3n) is 6.57. The number of rotatable bonds is 6. The molecule has 1 aliphatic heterocycles. The Kier molecular flexibility index (Phi) is 6.72. The van der Waals surface area contributed by atoms with Crippen LogP contribution in [0.2, 0.25) is 0 Å². The third-order valence-corrected chi connectivity index (χ3v) is 6.57. The van der Waals surface area contributed by atoms with Crippen molar-refractivity contribution in [2.24, 2.45) is 5.92 Å². The maximum Gasteiger partial charge on any atom is 0.387 e. The van der Waals surface area contributed by atoms with Gasteiger partial charge in [0.1, 0.15) is 11.8 Å². The molecule has 5 nitrogen and oxygen atoms in total. The average Bonchev–Trinajstić information content (AvgIpc) is 3.19. The average molecular weight is 443 g/mol. The first kappa shape index (κ1) is 22.2. The van der Waals surface area contributed by atoms with E-state index in [2.05, 4.69) is 4.74 Å². The molecule has 0 bridgehead atoms. The van der Waals surface area contributed by atoms with Gasteiger partial charge in [0.05, 0.1) is 0 Å². The minimum absolute atomic E-state index is 0.0808. The van der Waals surface area contributed by atoms with Crippen molar-refractivity contribution in [3.8, 4) is 5.75 Å². The van der Waals surface area contributed by atoms with E-state index in [1.807, 2.05) is 23.1 Å². The highest BCUT2D eigenvalue weighted by Crippen LogP contribution is 2.41. The van der Waals surface area contributed by atoms with Crippen LogP contribution in [0.15, 0.2) is 54.6 Å².